The standard InChI is InChI=1S/C16H26F2N6/c1-19-16(21-10-14-20-7-9-24(14)15(17)18)22-12-6-8-23(11-12)13-4-2-3-5-13/h7,9,12-13,15H,2-6,8,10-11H2,1H3,(H2,19,21,22). The van der Waals surface area contributed by atoms with Crippen LogP contribution in [0.3, 0.4) is 0 Å². The van der Waals surface area contributed by atoms with Gasteiger partial charge < -0.3 is 10.6 Å². The molecule has 0 bridgehead atoms. The molecule has 1 aliphatic carbocycles. The largest absolute Gasteiger partial charge is 0.352 e. The van der Waals surface area contributed by atoms with Gasteiger partial charge >= 0.3 is 6.55 Å². The molecule has 1 aromatic heterocycles. The first-order chi connectivity index (χ1) is 11.7. The minimum absolute atomic E-state index is 0.218. The quantitative estimate of drug-likeness (QED) is 0.635. The molecule has 6 nitrogen and oxygen atoms in total. The Labute approximate surface area is 141 Å². The molecule has 2 aliphatic rings. The van der Waals surface area contributed by atoms with Gasteiger partial charge in [-0.3, -0.25) is 14.5 Å². The molecule has 2 fully saturated rings. The highest BCUT2D eigenvalue weighted by atomic mass is 19.3. The van der Waals surface area contributed by atoms with E-state index in [-0.39, 0.29) is 6.54 Å². The van der Waals surface area contributed by atoms with Crippen LogP contribution in [-0.4, -0.2) is 52.6 Å². The van der Waals surface area contributed by atoms with E-state index in [1.807, 2.05) is 0 Å². The summed E-state index contributed by atoms with van der Waals surface area (Å²) in [5.41, 5.74) is 0. The van der Waals surface area contributed by atoms with Crippen molar-refractivity contribution >= 4 is 5.96 Å². The van der Waals surface area contributed by atoms with Gasteiger partial charge in [0.1, 0.15) is 5.82 Å². The van der Waals surface area contributed by atoms with Gasteiger partial charge in [-0.05, 0) is 19.3 Å². The molecule has 2 heterocycles. The van der Waals surface area contributed by atoms with Gasteiger partial charge in [0.25, 0.3) is 0 Å². The Bertz CT molecular complexity index is 553. The molecule has 1 saturated carbocycles. The van der Waals surface area contributed by atoms with Crippen LogP contribution in [0.1, 0.15) is 44.5 Å². The molecular weight excluding hydrogens is 314 g/mol. The first-order valence-electron chi connectivity index (χ1n) is 8.68. The number of hydrogen-bond acceptors (Lipinski definition) is 3. The van der Waals surface area contributed by atoms with E-state index < -0.39 is 6.55 Å². The maximum Gasteiger partial charge on any atom is 0.319 e. The zero-order chi connectivity index (χ0) is 16.9. The maximum absolute atomic E-state index is 12.8. The maximum atomic E-state index is 12.8. The van der Waals surface area contributed by atoms with Crippen LogP contribution in [0.15, 0.2) is 17.4 Å². The third-order valence-electron chi connectivity index (χ3n) is 5.00. The van der Waals surface area contributed by atoms with Crippen LogP contribution in [0.5, 0.6) is 0 Å². The first-order valence-corrected chi connectivity index (χ1v) is 8.68. The summed E-state index contributed by atoms with van der Waals surface area (Å²) in [7, 11) is 1.69. The van der Waals surface area contributed by atoms with Crippen molar-refractivity contribution in [3.05, 3.63) is 18.2 Å². The zero-order valence-electron chi connectivity index (χ0n) is 14.1. The fourth-order valence-corrected chi connectivity index (χ4v) is 3.72. The lowest BCUT2D eigenvalue weighted by atomic mass is 10.2. The second kappa shape index (κ2) is 7.92. The average molecular weight is 340 g/mol. The minimum Gasteiger partial charge on any atom is -0.352 e. The van der Waals surface area contributed by atoms with Crippen LogP contribution in [0.25, 0.3) is 0 Å². The Morgan fingerprint density at radius 3 is 2.88 bits per heavy atom. The van der Waals surface area contributed by atoms with Crippen molar-refractivity contribution in [3.8, 4) is 0 Å². The SMILES string of the molecule is CN=C(NCc1nccn1C(F)F)NC1CCN(C2CCCC2)C1. The number of aliphatic imine (C=N–C) groups is 1. The molecule has 24 heavy (non-hydrogen) atoms. The number of alkyl halides is 2. The summed E-state index contributed by atoms with van der Waals surface area (Å²) in [5, 5.41) is 6.48. The predicted molar refractivity (Wildman–Crippen MR) is 89.0 cm³/mol. The fraction of sp³-hybridized carbons (Fsp3) is 0.750. The van der Waals surface area contributed by atoms with Crippen LogP contribution >= 0.6 is 0 Å². The molecule has 0 aromatic carbocycles. The monoisotopic (exact) mass is 340 g/mol. The molecule has 1 saturated heterocycles. The Balaban J connectivity index is 1.48. The Morgan fingerprint density at radius 2 is 2.17 bits per heavy atom. The van der Waals surface area contributed by atoms with E-state index >= 15 is 0 Å². The second-order valence-corrected chi connectivity index (χ2v) is 6.52. The van der Waals surface area contributed by atoms with Crippen LogP contribution in [0, 0.1) is 0 Å². The Kier molecular flexibility index (Phi) is 5.65. The number of imidazole rings is 1. The number of likely N-dealkylation sites (tertiary alicyclic amines) is 1. The van der Waals surface area contributed by atoms with Crippen molar-refractivity contribution in [3.63, 3.8) is 0 Å². The van der Waals surface area contributed by atoms with Gasteiger partial charge in [0.15, 0.2) is 5.96 Å². The van der Waals surface area contributed by atoms with Crippen LogP contribution < -0.4 is 10.6 Å². The number of halogens is 2. The summed E-state index contributed by atoms with van der Waals surface area (Å²) in [4.78, 5) is 10.7. The fourth-order valence-electron chi connectivity index (χ4n) is 3.72. The van der Waals surface area contributed by atoms with E-state index in [2.05, 4.69) is 25.5 Å². The molecule has 0 amide bonds. The van der Waals surface area contributed by atoms with Crippen molar-refractivity contribution in [2.75, 3.05) is 20.1 Å². The van der Waals surface area contributed by atoms with Gasteiger partial charge in [0.05, 0.1) is 6.54 Å². The molecule has 8 heteroatoms. The smallest absolute Gasteiger partial charge is 0.319 e. The number of nitrogens with one attached hydrogen (secondary N) is 2. The first kappa shape index (κ1) is 17.1. The molecule has 3 rings (SSSR count). The Morgan fingerprint density at radius 1 is 1.38 bits per heavy atom. The highest BCUT2D eigenvalue weighted by molar-refractivity contribution is 5.79. The van der Waals surface area contributed by atoms with Crippen molar-refractivity contribution in [2.24, 2.45) is 4.99 Å². The summed E-state index contributed by atoms with van der Waals surface area (Å²) in [6, 6.07) is 1.09. The number of nitrogens with zero attached hydrogens (tertiary/aromatic N) is 4. The van der Waals surface area contributed by atoms with Crippen molar-refractivity contribution < 1.29 is 8.78 Å². The Hall–Kier alpha value is -1.70. The van der Waals surface area contributed by atoms with E-state index in [1.54, 1.807) is 7.05 Å². The molecule has 1 unspecified atom stereocenters. The van der Waals surface area contributed by atoms with Crippen LogP contribution in [-0.2, 0) is 6.54 Å². The number of rotatable bonds is 5. The number of aromatic nitrogens is 2. The van der Waals surface area contributed by atoms with Crippen LogP contribution in [0.4, 0.5) is 8.78 Å². The molecule has 1 atom stereocenters. The third-order valence-corrected chi connectivity index (χ3v) is 5.00. The van der Waals surface area contributed by atoms with E-state index in [0.717, 1.165) is 30.1 Å². The van der Waals surface area contributed by atoms with E-state index in [4.69, 9.17) is 0 Å². The summed E-state index contributed by atoms with van der Waals surface area (Å²) < 4.78 is 26.5. The lowest BCUT2D eigenvalue weighted by Crippen LogP contribution is -2.45. The van der Waals surface area contributed by atoms with E-state index in [0.29, 0.717) is 17.8 Å². The van der Waals surface area contributed by atoms with Gasteiger partial charge in [-0.1, -0.05) is 12.8 Å². The summed E-state index contributed by atoms with van der Waals surface area (Å²) in [5.74, 6) is 0.934. The molecule has 1 aliphatic heterocycles. The topological polar surface area (TPSA) is 57.5 Å². The normalized spacial score (nSPS) is 23.3. The second-order valence-electron chi connectivity index (χ2n) is 6.52. The molecule has 134 valence electrons. The lowest BCUT2D eigenvalue weighted by Gasteiger charge is -2.24. The van der Waals surface area contributed by atoms with E-state index in [1.165, 1.54) is 38.1 Å². The molecule has 0 spiro atoms. The average Bonchev–Trinajstić information content (AvgIpc) is 3.31. The number of guanidine groups is 1. The highest BCUT2D eigenvalue weighted by Gasteiger charge is 2.30. The lowest BCUT2D eigenvalue weighted by molar-refractivity contribution is 0.0668. The van der Waals surface area contributed by atoms with Crippen molar-refractivity contribution in [2.45, 2.75) is 57.3 Å². The third kappa shape index (κ3) is 4.03. The summed E-state index contributed by atoms with van der Waals surface area (Å²) in [6.07, 6.45) is 9.08. The molecule has 2 N–H and O–H groups in total. The molecule has 0 radical (unpaired) electrons. The van der Waals surface area contributed by atoms with Crippen LogP contribution in [0.2, 0.25) is 0 Å². The van der Waals surface area contributed by atoms with Crippen molar-refractivity contribution in [1.82, 2.24) is 25.1 Å². The molecular formula is C16H26F2N6. The zero-order valence-corrected chi connectivity index (χ0v) is 14.1. The van der Waals surface area contributed by atoms with Gasteiger partial charge in [-0.25, -0.2) is 4.98 Å². The minimum atomic E-state index is -2.57. The molecule has 1 aromatic rings. The van der Waals surface area contributed by atoms with E-state index in [9.17, 15) is 8.78 Å². The predicted octanol–water partition coefficient (Wildman–Crippen LogP) is 1.96. The highest BCUT2D eigenvalue weighted by Crippen LogP contribution is 2.26. The number of hydrogen-bond donors (Lipinski definition) is 2. The van der Waals surface area contributed by atoms with Crippen molar-refractivity contribution in [1.29, 1.82) is 0 Å². The van der Waals surface area contributed by atoms with Gasteiger partial charge in [0.2, 0.25) is 0 Å². The van der Waals surface area contributed by atoms with Gasteiger partial charge in [0, 0.05) is 44.6 Å². The summed E-state index contributed by atoms with van der Waals surface area (Å²) in [6.45, 7) is -0.212. The summed E-state index contributed by atoms with van der Waals surface area (Å²) >= 11 is 0. The van der Waals surface area contributed by atoms with Gasteiger partial charge in [-0.15, -0.1) is 0 Å². The van der Waals surface area contributed by atoms with Gasteiger partial charge in [-0.2, -0.15) is 8.78 Å².